The fraction of sp³-hybridized carbons (Fsp3) is 0.333. The Morgan fingerprint density at radius 1 is 1.24 bits per heavy atom. The maximum Gasteiger partial charge on any atom is 0.289 e. The number of hydrogen-bond donors (Lipinski definition) is 2. The van der Waals surface area contributed by atoms with Crippen LogP contribution in [0.3, 0.4) is 0 Å². The predicted molar refractivity (Wildman–Crippen MR) is 128 cm³/mol. The van der Waals surface area contributed by atoms with Crippen LogP contribution in [0, 0.1) is 5.92 Å². The second kappa shape index (κ2) is 9.33. The summed E-state index contributed by atoms with van der Waals surface area (Å²) in [5.74, 6) is -0.0209. The Kier molecular flexibility index (Phi) is 6.11. The number of aromatic nitrogens is 4. The van der Waals surface area contributed by atoms with Crippen LogP contribution in [0.1, 0.15) is 24.0 Å². The molecule has 1 amide bonds. The summed E-state index contributed by atoms with van der Waals surface area (Å²) < 4.78 is 5.45. The van der Waals surface area contributed by atoms with Crippen molar-refractivity contribution < 1.29 is 9.53 Å². The molecular formula is C24H25ClN6O2. The molecule has 0 aromatic carbocycles. The standard InChI is InChI=1S/C24H25ClN6O2/c1-15(16-3-2-4-18(25)9-16)30-24(32)23-26-11-17(12-27-23)21-14-29-22-20(21)10-19(13-28-22)31-5-7-33-8-6-31/h2-4,10-16H,5-9H2,1H3,(H,28,29)(H,30,32)/t15-,16?/m1/s1. The molecule has 9 heteroatoms. The molecule has 1 fully saturated rings. The van der Waals surface area contributed by atoms with Gasteiger partial charge in [-0.3, -0.25) is 4.79 Å². The van der Waals surface area contributed by atoms with Gasteiger partial charge in [0.25, 0.3) is 5.91 Å². The van der Waals surface area contributed by atoms with Crippen molar-refractivity contribution in [3.8, 4) is 11.1 Å². The highest BCUT2D eigenvalue weighted by Gasteiger charge is 2.21. The number of H-pyrrole nitrogens is 1. The normalized spacial score (nSPS) is 19.4. The molecule has 0 bridgehead atoms. The molecule has 1 aliphatic carbocycles. The molecule has 8 nitrogen and oxygen atoms in total. The van der Waals surface area contributed by atoms with Gasteiger partial charge in [0.15, 0.2) is 0 Å². The zero-order valence-corrected chi connectivity index (χ0v) is 19.0. The molecule has 3 aromatic rings. The maximum absolute atomic E-state index is 12.7. The van der Waals surface area contributed by atoms with Gasteiger partial charge in [-0.15, -0.1) is 0 Å². The third-order valence-electron chi connectivity index (χ3n) is 6.13. The van der Waals surface area contributed by atoms with Crippen molar-refractivity contribution in [2.24, 2.45) is 5.92 Å². The van der Waals surface area contributed by atoms with Gasteiger partial charge in [-0.1, -0.05) is 23.8 Å². The second-order valence-electron chi connectivity index (χ2n) is 8.32. The number of carbonyl (C=O) groups is 1. The third kappa shape index (κ3) is 4.62. The summed E-state index contributed by atoms with van der Waals surface area (Å²) in [4.78, 5) is 31.4. The van der Waals surface area contributed by atoms with Crippen molar-refractivity contribution in [3.05, 3.63) is 59.9 Å². The number of ether oxygens (including phenoxy) is 1. The number of nitrogens with one attached hydrogen (secondary N) is 2. The number of nitrogens with zero attached hydrogens (tertiary/aromatic N) is 4. The molecule has 0 saturated carbocycles. The Bertz CT molecular complexity index is 1210. The van der Waals surface area contributed by atoms with Crippen molar-refractivity contribution in [1.82, 2.24) is 25.3 Å². The molecule has 1 saturated heterocycles. The van der Waals surface area contributed by atoms with E-state index in [-0.39, 0.29) is 23.7 Å². The van der Waals surface area contributed by atoms with Gasteiger partial charge in [0.05, 0.1) is 25.1 Å². The van der Waals surface area contributed by atoms with E-state index < -0.39 is 0 Å². The topological polar surface area (TPSA) is 96.0 Å². The number of amides is 1. The quantitative estimate of drug-likeness (QED) is 0.598. The lowest BCUT2D eigenvalue weighted by atomic mass is 9.93. The average Bonchev–Trinajstić information content (AvgIpc) is 3.28. The fourth-order valence-electron chi connectivity index (χ4n) is 4.20. The Morgan fingerprint density at radius 3 is 2.79 bits per heavy atom. The summed E-state index contributed by atoms with van der Waals surface area (Å²) in [5, 5.41) is 4.76. The van der Waals surface area contributed by atoms with E-state index in [0.717, 1.165) is 59.2 Å². The number of allylic oxidation sites excluding steroid dienone is 3. The molecule has 5 rings (SSSR count). The van der Waals surface area contributed by atoms with Crippen LogP contribution < -0.4 is 10.2 Å². The number of hydrogen-bond acceptors (Lipinski definition) is 6. The minimum Gasteiger partial charge on any atom is -0.378 e. The van der Waals surface area contributed by atoms with E-state index in [1.807, 2.05) is 31.5 Å². The van der Waals surface area contributed by atoms with Crippen molar-refractivity contribution in [3.63, 3.8) is 0 Å². The molecular weight excluding hydrogens is 440 g/mol. The van der Waals surface area contributed by atoms with E-state index in [4.69, 9.17) is 16.3 Å². The van der Waals surface area contributed by atoms with Gasteiger partial charge in [0, 0.05) is 65.2 Å². The number of halogens is 1. The van der Waals surface area contributed by atoms with Gasteiger partial charge in [-0.05, 0) is 25.5 Å². The Balaban J connectivity index is 1.32. The third-order valence-corrected chi connectivity index (χ3v) is 6.41. The van der Waals surface area contributed by atoms with Crippen LogP contribution in [0.25, 0.3) is 22.2 Å². The van der Waals surface area contributed by atoms with Gasteiger partial charge in [0.1, 0.15) is 5.65 Å². The van der Waals surface area contributed by atoms with E-state index in [1.54, 1.807) is 12.4 Å². The zero-order valence-electron chi connectivity index (χ0n) is 18.3. The number of rotatable bonds is 5. The molecule has 1 unspecified atom stereocenters. The minimum absolute atomic E-state index is 0.0854. The van der Waals surface area contributed by atoms with Crippen LogP contribution in [-0.2, 0) is 4.74 Å². The van der Waals surface area contributed by atoms with Crippen LogP contribution in [-0.4, -0.2) is 58.2 Å². The monoisotopic (exact) mass is 464 g/mol. The van der Waals surface area contributed by atoms with Gasteiger partial charge in [-0.25, -0.2) is 15.0 Å². The first-order chi connectivity index (χ1) is 16.1. The Labute approximate surface area is 196 Å². The molecule has 170 valence electrons. The Morgan fingerprint density at radius 2 is 2.03 bits per heavy atom. The molecule has 0 radical (unpaired) electrons. The lowest BCUT2D eigenvalue weighted by Crippen LogP contribution is -2.38. The minimum atomic E-state index is -0.302. The van der Waals surface area contributed by atoms with Gasteiger partial charge in [0.2, 0.25) is 5.82 Å². The fourth-order valence-corrected chi connectivity index (χ4v) is 4.45. The SMILES string of the molecule is C[C@@H](NC(=O)c1ncc(-c2c[nH]c3ncc(N4CCOCC4)cc23)cn1)C1C=CC=C(Cl)C1. The molecule has 1 aliphatic heterocycles. The molecule has 3 aromatic heterocycles. The highest BCUT2D eigenvalue weighted by Crippen LogP contribution is 2.30. The van der Waals surface area contributed by atoms with Crippen LogP contribution in [0.2, 0.25) is 0 Å². The summed E-state index contributed by atoms with van der Waals surface area (Å²) in [7, 11) is 0. The van der Waals surface area contributed by atoms with Crippen molar-refractivity contribution >= 4 is 34.2 Å². The largest absolute Gasteiger partial charge is 0.378 e. The zero-order chi connectivity index (χ0) is 22.8. The first-order valence-electron chi connectivity index (χ1n) is 11.0. The van der Waals surface area contributed by atoms with E-state index in [9.17, 15) is 4.79 Å². The van der Waals surface area contributed by atoms with Crippen LogP contribution >= 0.6 is 11.6 Å². The number of pyridine rings is 1. The van der Waals surface area contributed by atoms with Crippen molar-refractivity contribution in [1.29, 1.82) is 0 Å². The van der Waals surface area contributed by atoms with E-state index in [0.29, 0.717) is 6.42 Å². The summed E-state index contributed by atoms with van der Waals surface area (Å²) in [6.07, 6.45) is 13.7. The number of fused-ring (bicyclic) bond motifs is 1. The van der Waals surface area contributed by atoms with E-state index >= 15 is 0 Å². The van der Waals surface area contributed by atoms with Gasteiger partial charge in [-0.2, -0.15) is 0 Å². The van der Waals surface area contributed by atoms with Crippen molar-refractivity contribution in [2.75, 3.05) is 31.2 Å². The van der Waals surface area contributed by atoms with Crippen LogP contribution in [0.5, 0.6) is 0 Å². The predicted octanol–water partition coefficient (Wildman–Crippen LogP) is 3.67. The first-order valence-corrected chi connectivity index (χ1v) is 11.4. The summed E-state index contributed by atoms with van der Waals surface area (Å²) in [6.45, 7) is 5.08. The lowest BCUT2D eigenvalue weighted by Gasteiger charge is -2.28. The Hall–Kier alpha value is -3.23. The summed E-state index contributed by atoms with van der Waals surface area (Å²) in [5.41, 5.74) is 3.62. The molecule has 4 heterocycles. The maximum atomic E-state index is 12.7. The number of carbonyl (C=O) groups excluding carboxylic acids is 1. The second-order valence-corrected chi connectivity index (χ2v) is 8.80. The van der Waals surface area contributed by atoms with Gasteiger partial charge < -0.3 is 19.9 Å². The molecule has 2 aliphatic rings. The van der Waals surface area contributed by atoms with Crippen LogP contribution in [0.4, 0.5) is 5.69 Å². The highest BCUT2D eigenvalue weighted by atomic mass is 35.5. The van der Waals surface area contributed by atoms with E-state index in [2.05, 4.69) is 42.3 Å². The van der Waals surface area contributed by atoms with Gasteiger partial charge >= 0.3 is 0 Å². The highest BCUT2D eigenvalue weighted by molar-refractivity contribution is 6.29. The smallest absolute Gasteiger partial charge is 0.289 e. The summed E-state index contributed by atoms with van der Waals surface area (Å²) in [6, 6.07) is 2.04. The molecule has 0 spiro atoms. The average molecular weight is 465 g/mol. The first kappa shape index (κ1) is 21.6. The van der Waals surface area contributed by atoms with E-state index in [1.165, 1.54) is 0 Å². The number of morpholine rings is 1. The molecule has 2 N–H and O–H groups in total. The molecule has 2 atom stereocenters. The summed E-state index contributed by atoms with van der Waals surface area (Å²) >= 11 is 6.13. The van der Waals surface area contributed by atoms with Crippen molar-refractivity contribution in [2.45, 2.75) is 19.4 Å². The molecule has 33 heavy (non-hydrogen) atoms. The lowest BCUT2D eigenvalue weighted by molar-refractivity contribution is 0.0921. The number of aromatic amines is 1. The number of anilines is 1. The van der Waals surface area contributed by atoms with Crippen LogP contribution in [0.15, 0.2) is 54.1 Å².